The first kappa shape index (κ1) is 29.8. The summed E-state index contributed by atoms with van der Waals surface area (Å²) in [7, 11) is -0.413. The summed E-state index contributed by atoms with van der Waals surface area (Å²) in [5.74, 6) is 2.62. The van der Waals surface area contributed by atoms with Crippen LogP contribution in [0.5, 0.6) is 11.5 Å². The van der Waals surface area contributed by atoms with Crippen molar-refractivity contribution >= 4 is 26.5 Å². The third-order valence-electron chi connectivity index (χ3n) is 12.0. The third-order valence-corrected chi connectivity index (χ3v) is 19.0. The number of hydrogen-bond acceptors (Lipinski definition) is 1. The van der Waals surface area contributed by atoms with Crippen molar-refractivity contribution in [3.05, 3.63) is 47.5 Å². The van der Waals surface area contributed by atoms with E-state index < -0.39 is 0 Å². The van der Waals surface area contributed by atoms with Crippen molar-refractivity contribution in [2.75, 3.05) is 0 Å². The minimum Gasteiger partial charge on any atom is -0.455 e. The van der Waals surface area contributed by atoms with Crippen LogP contribution >= 0.6 is 15.8 Å². The maximum absolute atomic E-state index is 7.53. The molecule has 0 saturated heterocycles. The molecule has 0 amide bonds. The van der Waals surface area contributed by atoms with Crippen LogP contribution in [0.15, 0.2) is 36.4 Å². The van der Waals surface area contributed by atoms with E-state index in [-0.39, 0.29) is 21.3 Å². The summed E-state index contributed by atoms with van der Waals surface area (Å²) < 4.78 is 7.53. The average Bonchev–Trinajstić information content (AvgIpc) is 3.04. The van der Waals surface area contributed by atoms with Crippen molar-refractivity contribution in [3.8, 4) is 11.5 Å². The molecule has 0 spiro atoms. The summed E-state index contributed by atoms with van der Waals surface area (Å²) >= 11 is 0. The van der Waals surface area contributed by atoms with Gasteiger partial charge < -0.3 is 4.74 Å². The van der Waals surface area contributed by atoms with Crippen molar-refractivity contribution in [3.63, 3.8) is 0 Å². The van der Waals surface area contributed by atoms with Crippen molar-refractivity contribution in [2.45, 2.75) is 170 Å². The molecule has 42 heavy (non-hydrogen) atoms. The Morgan fingerprint density at radius 1 is 0.476 bits per heavy atom. The van der Waals surface area contributed by atoms with Gasteiger partial charge in [-0.15, -0.1) is 0 Å². The van der Waals surface area contributed by atoms with Crippen LogP contribution in [-0.4, -0.2) is 22.6 Å². The molecule has 228 valence electrons. The topological polar surface area (TPSA) is 9.23 Å². The van der Waals surface area contributed by atoms with E-state index in [1.807, 2.05) is 0 Å². The largest absolute Gasteiger partial charge is 0.455 e. The number of rotatable bonds is 6. The number of ether oxygens (including phenoxy) is 1. The van der Waals surface area contributed by atoms with Gasteiger partial charge in [-0.3, -0.25) is 0 Å². The Hall–Kier alpha value is -0.900. The highest BCUT2D eigenvalue weighted by molar-refractivity contribution is 7.67. The summed E-state index contributed by atoms with van der Waals surface area (Å²) in [4.78, 5) is 0. The normalized spacial score (nSPS) is 24.4. The minimum atomic E-state index is -0.206. The van der Waals surface area contributed by atoms with E-state index in [4.69, 9.17) is 4.74 Å². The van der Waals surface area contributed by atoms with Gasteiger partial charge in [0.2, 0.25) is 0 Å². The maximum Gasteiger partial charge on any atom is 0.139 e. The lowest BCUT2D eigenvalue weighted by molar-refractivity contribution is 0.423. The Kier molecular flexibility index (Phi) is 9.38. The van der Waals surface area contributed by atoms with Gasteiger partial charge in [-0.2, -0.15) is 0 Å². The second-order valence-electron chi connectivity index (χ2n) is 15.0. The lowest BCUT2D eigenvalue weighted by Gasteiger charge is -2.44. The average molecular weight is 603 g/mol. The minimum absolute atomic E-state index is 0.0186. The Balaban J connectivity index is 1.33. The first-order valence-corrected chi connectivity index (χ1v) is 21.1. The molecule has 0 unspecified atom stereocenters. The predicted molar refractivity (Wildman–Crippen MR) is 186 cm³/mol. The first-order chi connectivity index (χ1) is 20.6. The van der Waals surface area contributed by atoms with Crippen LogP contribution in [-0.2, 0) is 5.41 Å². The Morgan fingerprint density at radius 2 is 0.786 bits per heavy atom. The van der Waals surface area contributed by atoms with Crippen LogP contribution < -0.4 is 15.3 Å². The van der Waals surface area contributed by atoms with Gasteiger partial charge in [-0.1, -0.05) is 143 Å². The molecule has 0 radical (unpaired) electrons. The Bertz CT molecular complexity index is 1070. The second kappa shape index (κ2) is 13.2. The van der Waals surface area contributed by atoms with E-state index in [9.17, 15) is 0 Å². The molecule has 3 heteroatoms. The van der Waals surface area contributed by atoms with E-state index in [1.54, 1.807) is 10.6 Å². The summed E-state index contributed by atoms with van der Waals surface area (Å²) in [6.07, 6.45) is 28.9. The highest BCUT2D eigenvalue weighted by atomic mass is 31.1. The molecular formula is C39H56OP2. The molecule has 0 bridgehead atoms. The molecular weight excluding hydrogens is 546 g/mol. The summed E-state index contributed by atoms with van der Waals surface area (Å²) in [6.45, 7) is 5.02. The van der Waals surface area contributed by atoms with E-state index in [2.05, 4.69) is 50.2 Å². The molecule has 0 N–H and O–H groups in total. The smallest absolute Gasteiger partial charge is 0.139 e. The van der Waals surface area contributed by atoms with Crippen LogP contribution in [0.3, 0.4) is 0 Å². The molecule has 4 aliphatic carbocycles. The zero-order chi connectivity index (χ0) is 28.5. The Labute approximate surface area is 259 Å². The quantitative estimate of drug-likeness (QED) is 0.299. The Morgan fingerprint density at radius 3 is 1.10 bits per heavy atom. The standard InChI is InChI=1S/C39H56OP2/c1-39(2)33-25-15-27-35(41(29-17-7-3-8-18-29)30-19-9-4-10-20-30)37(33)40-38-34(39)26-16-28-36(38)42(31-21-11-5-12-22-31)32-23-13-6-14-24-32/h15-16,25-32H,3-14,17-24H2,1-2H3. The van der Waals surface area contributed by atoms with Crippen LogP contribution in [0, 0.1) is 0 Å². The fourth-order valence-corrected chi connectivity index (χ4v) is 17.5. The third kappa shape index (κ3) is 5.78. The number of benzene rings is 2. The molecule has 1 aliphatic heterocycles. The molecule has 5 aliphatic rings. The van der Waals surface area contributed by atoms with Crippen LogP contribution in [0.4, 0.5) is 0 Å². The molecule has 0 aromatic heterocycles. The maximum atomic E-state index is 7.53. The molecule has 2 aromatic rings. The number of fused-ring (bicyclic) bond motifs is 2. The summed E-state index contributed by atoms with van der Waals surface area (Å²) in [5, 5.41) is 3.30. The zero-order valence-corrected chi connectivity index (χ0v) is 28.5. The lowest BCUT2D eigenvalue weighted by atomic mass is 9.76. The highest BCUT2D eigenvalue weighted by Crippen LogP contribution is 2.61. The summed E-state index contributed by atoms with van der Waals surface area (Å²) in [6, 6.07) is 14.8. The first-order valence-electron chi connectivity index (χ1n) is 18.1. The van der Waals surface area contributed by atoms with Crippen LogP contribution in [0.1, 0.15) is 153 Å². The van der Waals surface area contributed by atoms with Gasteiger partial charge in [0.05, 0.1) is 0 Å². The summed E-state index contributed by atoms with van der Waals surface area (Å²) in [5.41, 5.74) is 6.49. The number of hydrogen-bond donors (Lipinski definition) is 0. The van der Waals surface area contributed by atoms with Crippen molar-refractivity contribution in [2.24, 2.45) is 0 Å². The van der Waals surface area contributed by atoms with Gasteiger partial charge >= 0.3 is 0 Å². The van der Waals surface area contributed by atoms with Gasteiger partial charge in [0.25, 0.3) is 0 Å². The van der Waals surface area contributed by atoms with Crippen molar-refractivity contribution in [1.82, 2.24) is 0 Å². The van der Waals surface area contributed by atoms with Gasteiger partial charge in [0.1, 0.15) is 11.5 Å². The fraction of sp³-hybridized carbons (Fsp3) is 0.692. The predicted octanol–water partition coefficient (Wildman–Crippen LogP) is 11.7. The van der Waals surface area contributed by atoms with Crippen molar-refractivity contribution < 1.29 is 4.74 Å². The number of para-hydroxylation sites is 2. The second-order valence-corrected chi connectivity index (χ2v) is 20.5. The van der Waals surface area contributed by atoms with Gasteiger partial charge in [0.15, 0.2) is 0 Å². The molecule has 1 nitrogen and oxygen atoms in total. The highest BCUT2D eigenvalue weighted by Gasteiger charge is 2.43. The van der Waals surface area contributed by atoms with E-state index >= 15 is 0 Å². The zero-order valence-electron chi connectivity index (χ0n) is 26.7. The van der Waals surface area contributed by atoms with Crippen LogP contribution in [0.2, 0.25) is 0 Å². The fourth-order valence-electron chi connectivity index (χ4n) is 9.72. The van der Waals surface area contributed by atoms with Gasteiger partial charge in [-0.25, -0.2) is 0 Å². The van der Waals surface area contributed by atoms with Gasteiger partial charge in [-0.05, 0) is 74.0 Å². The van der Waals surface area contributed by atoms with E-state index in [0.717, 1.165) is 22.6 Å². The molecule has 4 fully saturated rings. The molecule has 7 rings (SSSR count). The molecule has 0 atom stereocenters. The van der Waals surface area contributed by atoms with E-state index in [0.29, 0.717) is 0 Å². The monoisotopic (exact) mass is 602 g/mol. The lowest BCUT2D eigenvalue weighted by Crippen LogP contribution is -2.34. The molecule has 2 aromatic carbocycles. The van der Waals surface area contributed by atoms with E-state index in [1.165, 1.54) is 151 Å². The van der Waals surface area contributed by atoms with Gasteiger partial charge in [0, 0.05) is 27.2 Å². The SMILES string of the molecule is CC1(C)c2cccc(P(C3CCCCC3)C3CCCCC3)c2Oc2c(P(C3CCCCC3)C3CCCCC3)cccc21. The molecule has 1 heterocycles. The van der Waals surface area contributed by atoms with Crippen LogP contribution in [0.25, 0.3) is 0 Å². The van der Waals surface area contributed by atoms with Crippen molar-refractivity contribution in [1.29, 1.82) is 0 Å². The molecule has 4 saturated carbocycles.